The highest BCUT2D eigenvalue weighted by Gasteiger charge is 2.29. The van der Waals surface area contributed by atoms with Gasteiger partial charge in [0, 0.05) is 38.6 Å². The van der Waals surface area contributed by atoms with Gasteiger partial charge in [0.2, 0.25) is 21.8 Å². The number of hydrogen-bond donors (Lipinski definition) is 3. The molecule has 2 aliphatic rings. The summed E-state index contributed by atoms with van der Waals surface area (Å²) >= 11 is 0. The molecule has 1 aromatic rings. The largest absolute Gasteiger partial charge is 0.379 e. The average Bonchev–Trinajstić information content (AvgIpc) is 2.84. The Morgan fingerprint density at radius 2 is 1.76 bits per heavy atom. The number of halogens is 1. The summed E-state index contributed by atoms with van der Waals surface area (Å²) in [5, 5.41) is 5.68. The van der Waals surface area contributed by atoms with Crippen molar-refractivity contribution in [3.63, 3.8) is 0 Å². The average molecular weight is 499 g/mol. The van der Waals surface area contributed by atoms with E-state index >= 15 is 0 Å². The third-order valence-corrected chi connectivity index (χ3v) is 7.93. The van der Waals surface area contributed by atoms with E-state index < -0.39 is 21.9 Å². The SMILES string of the molecule is CC(NC(=O)C1CCC(CNS(=O)(=O)c2ccc(F)cc2)CC1)C(=O)NCCN1CCOCC1. The van der Waals surface area contributed by atoms with Crippen molar-refractivity contribution in [2.24, 2.45) is 11.8 Å². The van der Waals surface area contributed by atoms with Gasteiger partial charge in [-0.15, -0.1) is 0 Å². The summed E-state index contributed by atoms with van der Waals surface area (Å²) in [6.07, 6.45) is 2.70. The fourth-order valence-electron chi connectivity index (χ4n) is 4.27. The maximum Gasteiger partial charge on any atom is 0.242 e. The van der Waals surface area contributed by atoms with Gasteiger partial charge in [0.05, 0.1) is 18.1 Å². The van der Waals surface area contributed by atoms with Crippen LogP contribution in [0.15, 0.2) is 29.2 Å². The highest BCUT2D eigenvalue weighted by atomic mass is 32.2. The Morgan fingerprint density at radius 1 is 1.12 bits per heavy atom. The van der Waals surface area contributed by atoms with Crippen LogP contribution in [-0.4, -0.2) is 77.1 Å². The Bertz CT molecular complexity index is 914. The molecule has 190 valence electrons. The number of nitrogens with zero attached hydrogens (tertiary/aromatic N) is 1. The van der Waals surface area contributed by atoms with E-state index in [-0.39, 0.29) is 35.1 Å². The van der Waals surface area contributed by atoms with Crippen molar-refractivity contribution in [3.05, 3.63) is 30.1 Å². The zero-order valence-electron chi connectivity index (χ0n) is 19.6. The maximum absolute atomic E-state index is 13.0. The van der Waals surface area contributed by atoms with E-state index in [1.807, 2.05) is 0 Å². The number of benzene rings is 1. The molecule has 3 rings (SSSR count). The fraction of sp³-hybridized carbons (Fsp3) is 0.652. The lowest BCUT2D eigenvalue weighted by atomic mass is 9.81. The molecule has 1 saturated heterocycles. The Balaban J connectivity index is 1.34. The molecule has 1 aliphatic heterocycles. The molecule has 0 spiro atoms. The minimum absolute atomic E-state index is 0.0270. The van der Waals surface area contributed by atoms with Crippen molar-refractivity contribution in [2.75, 3.05) is 45.9 Å². The third-order valence-electron chi connectivity index (χ3n) is 6.49. The van der Waals surface area contributed by atoms with E-state index in [1.54, 1.807) is 6.92 Å². The molecular formula is C23H35FN4O5S. The lowest BCUT2D eigenvalue weighted by molar-refractivity contribution is -0.131. The number of rotatable bonds is 10. The van der Waals surface area contributed by atoms with Crippen LogP contribution in [0, 0.1) is 17.7 Å². The summed E-state index contributed by atoms with van der Waals surface area (Å²) in [6.45, 7) is 6.37. The summed E-state index contributed by atoms with van der Waals surface area (Å²) in [7, 11) is -3.70. The molecule has 1 aromatic carbocycles. The van der Waals surface area contributed by atoms with Gasteiger partial charge in [0.1, 0.15) is 11.9 Å². The van der Waals surface area contributed by atoms with E-state index in [1.165, 1.54) is 12.1 Å². The molecule has 34 heavy (non-hydrogen) atoms. The standard InChI is InChI=1S/C23H35FN4O5S/c1-17(22(29)25-10-11-28-12-14-33-15-13-28)27-23(30)19-4-2-18(3-5-19)16-26-34(31,32)21-8-6-20(24)7-9-21/h6-9,17-19,26H,2-5,10-16H2,1H3,(H,25,29)(H,27,30). The highest BCUT2D eigenvalue weighted by Crippen LogP contribution is 2.29. The second-order valence-corrected chi connectivity index (χ2v) is 10.8. The molecule has 2 amide bonds. The molecule has 0 radical (unpaired) electrons. The van der Waals surface area contributed by atoms with Gasteiger partial charge in [0.25, 0.3) is 0 Å². The van der Waals surface area contributed by atoms with Crippen LogP contribution in [0.4, 0.5) is 4.39 Å². The van der Waals surface area contributed by atoms with Crippen molar-refractivity contribution >= 4 is 21.8 Å². The van der Waals surface area contributed by atoms with Crippen LogP contribution in [0.1, 0.15) is 32.6 Å². The number of morpholine rings is 1. The first kappa shape index (κ1) is 26.5. The van der Waals surface area contributed by atoms with Crippen molar-refractivity contribution in [2.45, 2.75) is 43.5 Å². The molecule has 3 N–H and O–H groups in total. The number of hydrogen-bond acceptors (Lipinski definition) is 6. The van der Waals surface area contributed by atoms with Crippen LogP contribution < -0.4 is 15.4 Å². The zero-order valence-corrected chi connectivity index (χ0v) is 20.4. The molecule has 1 aliphatic carbocycles. The Kier molecular flexibility index (Phi) is 9.81. The molecule has 0 aromatic heterocycles. The minimum Gasteiger partial charge on any atom is -0.379 e. The third kappa shape index (κ3) is 8.00. The lowest BCUT2D eigenvalue weighted by Gasteiger charge is -2.29. The number of carbonyl (C=O) groups is 2. The Labute approximate surface area is 200 Å². The predicted molar refractivity (Wildman–Crippen MR) is 125 cm³/mol. The van der Waals surface area contributed by atoms with Gasteiger partial charge in [0.15, 0.2) is 0 Å². The summed E-state index contributed by atoms with van der Waals surface area (Å²) in [5.41, 5.74) is 0. The van der Waals surface area contributed by atoms with Gasteiger partial charge in [-0.1, -0.05) is 0 Å². The molecule has 1 heterocycles. The molecule has 11 heteroatoms. The normalized spacial score (nSPS) is 22.6. The molecule has 1 atom stereocenters. The molecule has 2 fully saturated rings. The molecule has 9 nitrogen and oxygen atoms in total. The van der Waals surface area contributed by atoms with Crippen molar-refractivity contribution in [1.29, 1.82) is 0 Å². The van der Waals surface area contributed by atoms with E-state index in [9.17, 15) is 22.4 Å². The van der Waals surface area contributed by atoms with Gasteiger partial charge >= 0.3 is 0 Å². The van der Waals surface area contributed by atoms with Crippen LogP contribution >= 0.6 is 0 Å². The summed E-state index contributed by atoms with van der Waals surface area (Å²) in [6, 6.07) is 4.09. The molecule has 0 bridgehead atoms. The van der Waals surface area contributed by atoms with E-state index in [0.29, 0.717) is 45.4 Å². The number of ether oxygens (including phenoxy) is 1. The second-order valence-electron chi connectivity index (χ2n) is 9.00. The number of carbonyl (C=O) groups excluding carboxylic acids is 2. The van der Waals surface area contributed by atoms with Crippen LogP contribution in [0.5, 0.6) is 0 Å². The van der Waals surface area contributed by atoms with Crippen LogP contribution in [0.25, 0.3) is 0 Å². The Hall–Kier alpha value is -2.08. The second kappa shape index (κ2) is 12.6. The molecular weight excluding hydrogens is 463 g/mol. The summed E-state index contributed by atoms with van der Waals surface area (Å²) in [5.74, 6) is -0.893. The number of amides is 2. The highest BCUT2D eigenvalue weighted by molar-refractivity contribution is 7.89. The van der Waals surface area contributed by atoms with Crippen LogP contribution in [0.2, 0.25) is 0 Å². The predicted octanol–water partition coefficient (Wildman–Crippen LogP) is 0.864. The van der Waals surface area contributed by atoms with Crippen molar-refractivity contribution < 1.29 is 27.1 Å². The first-order chi connectivity index (χ1) is 16.2. The monoisotopic (exact) mass is 498 g/mol. The fourth-order valence-corrected chi connectivity index (χ4v) is 5.38. The van der Waals surface area contributed by atoms with Gasteiger partial charge in [-0.2, -0.15) is 0 Å². The number of nitrogens with one attached hydrogen (secondary N) is 3. The van der Waals surface area contributed by atoms with E-state index in [4.69, 9.17) is 4.74 Å². The summed E-state index contributed by atoms with van der Waals surface area (Å²) in [4.78, 5) is 27.2. The molecule has 1 saturated carbocycles. The van der Waals surface area contributed by atoms with Gasteiger partial charge < -0.3 is 15.4 Å². The topological polar surface area (TPSA) is 117 Å². The van der Waals surface area contributed by atoms with E-state index in [2.05, 4.69) is 20.3 Å². The first-order valence-electron chi connectivity index (χ1n) is 11.9. The smallest absolute Gasteiger partial charge is 0.242 e. The maximum atomic E-state index is 13.0. The van der Waals surface area contributed by atoms with Gasteiger partial charge in [-0.3, -0.25) is 14.5 Å². The van der Waals surface area contributed by atoms with Crippen LogP contribution in [0.3, 0.4) is 0 Å². The lowest BCUT2D eigenvalue weighted by Crippen LogP contribution is -2.49. The van der Waals surface area contributed by atoms with Crippen LogP contribution in [-0.2, 0) is 24.3 Å². The summed E-state index contributed by atoms with van der Waals surface area (Å²) < 4.78 is 45.6. The number of sulfonamides is 1. The van der Waals surface area contributed by atoms with Gasteiger partial charge in [-0.05, 0) is 62.8 Å². The van der Waals surface area contributed by atoms with Crippen molar-refractivity contribution in [3.8, 4) is 0 Å². The minimum atomic E-state index is -3.70. The Morgan fingerprint density at radius 3 is 2.41 bits per heavy atom. The van der Waals surface area contributed by atoms with E-state index in [0.717, 1.165) is 31.8 Å². The first-order valence-corrected chi connectivity index (χ1v) is 13.4. The van der Waals surface area contributed by atoms with Gasteiger partial charge in [-0.25, -0.2) is 17.5 Å². The zero-order chi connectivity index (χ0) is 24.6. The van der Waals surface area contributed by atoms with Crippen molar-refractivity contribution in [1.82, 2.24) is 20.3 Å². The molecule has 1 unspecified atom stereocenters. The quantitative estimate of drug-likeness (QED) is 0.441.